The van der Waals surface area contributed by atoms with Crippen molar-refractivity contribution in [2.24, 2.45) is 5.41 Å². The molecule has 132 valence electrons. The summed E-state index contributed by atoms with van der Waals surface area (Å²) < 4.78 is 0. The molecule has 0 bridgehead atoms. The topological polar surface area (TPSA) is 94.0 Å². The smallest absolute Gasteiger partial charge is 0.314 e. The molecule has 0 aromatic carbocycles. The zero-order valence-corrected chi connectivity index (χ0v) is 14.4. The van der Waals surface area contributed by atoms with E-state index in [1.165, 1.54) is 11.1 Å². The van der Waals surface area contributed by atoms with Crippen molar-refractivity contribution in [1.82, 2.24) is 9.88 Å². The van der Waals surface area contributed by atoms with Crippen LogP contribution in [0.3, 0.4) is 0 Å². The summed E-state index contributed by atoms with van der Waals surface area (Å²) in [4.78, 5) is 31.4. The molecule has 2 N–H and O–H groups in total. The molecule has 24 heavy (non-hydrogen) atoms. The molecule has 1 aromatic heterocycles. The van der Waals surface area contributed by atoms with Crippen molar-refractivity contribution in [1.29, 1.82) is 0 Å². The van der Waals surface area contributed by atoms with Crippen LogP contribution in [-0.4, -0.2) is 65.3 Å². The summed E-state index contributed by atoms with van der Waals surface area (Å²) in [6, 6.07) is 3.42. The Labute approximate surface area is 141 Å². The van der Waals surface area contributed by atoms with Crippen LogP contribution in [0.2, 0.25) is 0 Å². The fourth-order valence-electron chi connectivity index (χ4n) is 3.24. The van der Waals surface area contributed by atoms with Crippen LogP contribution in [0.1, 0.15) is 36.5 Å². The van der Waals surface area contributed by atoms with Crippen molar-refractivity contribution >= 4 is 17.7 Å². The third kappa shape index (κ3) is 3.36. The number of anilines is 1. The van der Waals surface area contributed by atoms with Gasteiger partial charge in [0.15, 0.2) is 0 Å². The number of carboxylic acids is 1. The van der Waals surface area contributed by atoms with Gasteiger partial charge in [-0.15, -0.1) is 0 Å². The summed E-state index contributed by atoms with van der Waals surface area (Å²) >= 11 is 0. The van der Waals surface area contributed by atoms with Crippen LogP contribution in [0.4, 0.5) is 5.82 Å². The fraction of sp³-hybridized carbons (Fsp3) is 0.588. The first kappa shape index (κ1) is 18.2. The Morgan fingerprint density at radius 2 is 2.12 bits per heavy atom. The van der Waals surface area contributed by atoms with Crippen LogP contribution in [0.5, 0.6) is 0 Å². The summed E-state index contributed by atoms with van der Waals surface area (Å²) in [7, 11) is 3.35. The van der Waals surface area contributed by atoms with Crippen LogP contribution in [0.15, 0.2) is 18.3 Å². The van der Waals surface area contributed by atoms with Gasteiger partial charge in [0.1, 0.15) is 11.2 Å². The minimum Gasteiger partial charge on any atom is -0.481 e. The molecule has 0 saturated carbocycles. The summed E-state index contributed by atoms with van der Waals surface area (Å²) in [5, 5.41) is 20.0. The maximum absolute atomic E-state index is 11.9. The Hall–Kier alpha value is -2.15. The highest BCUT2D eigenvalue weighted by Crippen LogP contribution is 2.36. The number of nitrogens with zero attached hydrogens (tertiary/aromatic N) is 3. The molecule has 0 spiro atoms. The molecule has 2 atom stereocenters. The van der Waals surface area contributed by atoms with Gasteiger partial charge < -0.3 is 20.0 Å². The lowest BCUT2D eigenvalue weighted by Crippen LogP contribution is -2.56. The highest BCUT2D eigenvalue weighted by atomic mass is 16.4. The van der Waals surface area contributed by atoms with Crippen LogP contribution in [0.25, 0.3) is 0 Å². The number of rotatable bonds is 5. The number of aliphatic carboxylic acids is 1. The van der Waals surface area contributed by atoms with Gasteiger partial charge in [-0.25, -0.2) is 4.98 Å². The first-order valence-corrected chi connectivity index (χ1v) is 8.16. The first-order valence-electron chi connectivity index (χ1n) is 8.16. The second-order valence-corrected chi connectivity index (χ2v) is 6.54. The van der Waals surface area contributed by atoms with Gasteiger partial charge in [0, 0.05) is 33.4 Å². The Kier molecular flexibility index (Phi) is 5.43. The third-order valence-corrected chi connectivity index (χ3v) is 4.63. The van der Waals surface area contributed by atoms with Gasteiger partial charge >= 0.3 is 5.97 Å². The molecular formula is C17H25N3O4. The predicted octanol–water partition coefficient (Wildman–Crippen LogP) is 1.23. The molecule has 1 aliphatic rings. The highest BCUT2D eigenvalue weighted by Gasteiger charge is 2.48. The molecule has 1 saturated heterocycles. The molecule has 1 fully saturated rings. The summed E-state index contributed by atoms with van der Waals surface area (Å²) in [6.45, 7) is 2.66. The van der Waals surface area contributed by atoms with E-state index in [2.05, 4.69) is 4.98 Å². The van der Waals surface area contributed by atoms with E-state index in [-0.39, 0.29) is 12.5 Å². The van der Waals surface area contributed by atoms with E-state index in [0.29, 0.717) is 37.2 Å². The Bertz CT molecular complexity index is 602. The normalized spacial score (nSPS) is 23.8. The van der Waals surface area contributed by atoms with Gasteiger partial charge in [-0.1, -0.05) is 13.3 Å². The number of hydrogen-bond acceptors (Lipinski definition) is 5. The Morgan fingerprint density at radius 1 is 1.42 bits per heavy atom. The van der Waals surface area contributed by atoms with Crippen molar-refractivity contribution in [3.8, 4) is 0 Å². The molecule has 0 radical (unpaired) electrons. The molecule has 2 heterocycles. The first-order chi connectivity index (χ1) is 11.3. The number of hydrogen-bond donors (Lipinski definition) is 2. The van der Waals surface area contributed by atoms with Crippen LogP contribution in [0, 0.1) is 5.41 Å². The third-order valence-electron chi connectivity index (χ3n) is 4.63. The van der Waals surface area contributed by atoms with Crippen molar-refractivity contribution in [2.45, 2.75) is 32.3 Å². The zero-order chi connectivity index (χ0) is 17.9. The van der Waals surface area contributed by atoms with Gasteiger partial charge in [0.05, 0.1) is 11.7 Å². The Balaban J connectivity index is 2.23. The van der Waals surface area contributed by atoms with Crippen molar-refractivity contribution in [3.05, 3.63) is 23.9 Å². The molecule has 0 unspecified atom stereocenters. The lowest BCUT2D eigenvalue weighted by atomic mass is 9.74. The van der Waals surface area contributed by atoms with Gasteiger partial charge in [-0.2, -0.15) is 0 Å². The van der Waals surface area contributed by atoms with E-state index >= 15 is 0 Å². The largest absolute Gasteiger partial charge is 0.481 e. The van der Waals surface area contributed by atoms with Crippen molar-refractivity contribution in [3.63, 3.8) is 0 Å². The monoisotopic (exact) mass is 335 g/mol. The number of aliphatic hydroxyl groups excluding tert-OH is 1. The number of pyridine rings is 1. The van der Waals surface area contributed by atoms with Gasteiger partial charge in [0.2, 0.25) is 0 Å². The fourth-order valence-corrected chi connectivity index (χ4v) is 3.24. The van der Waals surface area contributed by atoms with Crippen molar-refractivity contribution in [2.75, 3.05) is 32.1 Å². The van der Waals surface area contributed by atoms with Crippen molar-refractivity contribution < 1.29 is 19.8 Å². The van der Waals surface area contributed by atoms with E-state index in [1.807, 2.05) is 11.8 Å². The lowest BCUT2D eigenvalue weighted by Gasteiger charge is -2.43. The van der Waals surface area contributed by atoms with Gasteiger partial charge in [-0.05, 0) is 25.0 Å². The molecule has 7 nitrogen and oxygen atoms in total. The Morgan fingerprint density at radius 3 is 2.62 bits per heavy atom. The van der Waals surface area contributed by atoms with E-state index in [1.54, 1.807) is 26.2 Å². The molecular weight excluding hydrogens is 310 g/mol. The average molecular weight is 335 g/mol. The maximum atomic E-state index is 11.9. The molecule has 0 aliphatic carbocycles. The average Bonchev–Trinajstić information content (AvgIpc) is 2.56. The molecule has 7 heteroatoms. The quantitative estimate of drug-likeness (QED) is 0.840. The number of amides is 1. The number of carbonyl (C=O) groups excluding carboxylic acids is 1. The molecule has 1 aliphatic heterocycles. The summed E-state index contributed by atoms with van der Waals surface area (Å²) in [5.74, 6) is -0.478. The summed E-state index contributed by atoms with van der Waals surface area (Å²) in [5.41, 5.74) is -0.689. The van der Waals surface area contributed by atoms with Crippen LogP contribution >= 0.6 is 0 Å². The van der Waals surface area contributed by atoms with Gasteiger partial charge in [0.25, 0.3) is 5.91 Å². The molecule has 1 aromatic rings. The number of carbonyl (C=O) groups is 2. The predicted molar refractivity (Wildman–Crippen MR) is 90.1 cm³/mol. The maximum Gasteiger partial charge on any atom is 0.314 e. The van der Waals surface area contributed by atoms with E-state index in [4.69, 9.17) is 0 Å². The second-order valence-electron chi connectivity index (χ2n) is 6.54. The number of aromatic nitrogens is 1. The van der Waals surface area contributed by atoms with Crippen LogP contribution < -0.4 is 4.90 Å². The highest BCUT2D eigenvalue weighted by molar-refractivity contribution is 5.93. The SMILES string of the molecule is CCC[C@@]1(C(=O)O)CN(c2ccc(C(=O)N(C)C)cn2)CC[C@@H]1O. The number of carboxylic acid groups (broad SMARTS) is 1. The zero-order valence-electron chi connectivity index (χ0n) is 14.4. The minimum atomic E-state index is -1.17. The lowest BCUT2D eigenvalue weighted by molar-refractivity contribution is -0.158. The molecule has 2 rings (SSSR count). The van der Waals surface area contributed by atoms with E-state index in [9.17, 15) is 19.8 Å². The standard InChI is InChI=1S/C17H25N3O4/c1-4-8-17(16(23)24)11-20(9-7-13(17)21)14-6-5-12(10-18-14)15(22)19(2)3/h5-6,10,13,21H,4,7-9,11H2,1-3H3,(H,23,24)/t13-,17+/m0/s1. The second kappa shape index (κ2) is 7.17. The minimum absolute atomic E-state index is 0.131. The van der Waals surface area contributed by atoms with Crippen LogP contribution in [-0.2, 0) is 4.79 Å². The summed E-state index contributed by atoms with van der Waals surface area (Å²) in [6.07, 6.45) is 2.12. The van der Waals surface area contributed by atoms with E-state index < -0.39 is 17.5 Å². The number of aliphatic hydroxyl groups is 1. The molecule has 1 amide bonds. The van der Waals surface area contributed by atoms with E-state index in [0.717, 1.165) is 0 Å². The number of piperidine rings is 1. The van der Waals surface area contributed by atoms with Gasteiger partial charge in [-0.3, -0.25) is 9.59 Å².